The van der Waals surface area contributed by atoms with Crippen molar-refractivity contribution in [3.63, 3.8) is 0 Å². The summed E-state index contributed by atoms with van der Waals surface area (Å²) in [7, 11) is 0. The van der Waals surface area contributed by atoms with Crippen molar-refractivity contribution in [3.8, 4) is 45.9 Å². The molecule has 0 N–H and O–H groups in total. The maximum Gasteiger partial charge on any atom is 0.0799 e. The maximum absolute atomic E-state index is 3.65. The van der Waals surface area contributed by atoms with Gasteiger partial charge < -0.3 is 0 Å². The molecule has 0 radical (unpaired) electrons. The van der Waals surface area contributed by atoms with Gasteiger partial charge in [0, 0.05) is 11.1 Å². The standard InChI is InChI=1S/C38H26/c1-37(33-18-7-3-14-29(33)30-15-4-8-19-34(30)37)24-22-27-12-11-13-28(26-27)23-25-38(2)35-20-9-5-16-31(35)32-17-6-10-21-36(32)38/h3-21,26H,1-2H3. The van der Waals surface area contributed by atoms with Gasteiger partial charge in [-0.3, -0.25) is 0 Å². The first-order valence-corrected chi connectivity index (χ1v) is 13.1. The highest BCUT2D eigenvalue weighted by Gasteiger charge is 2.38. The zero-order valence-corrected chi connectivity index (χ0v) is 21.5. The number of benzene rings is 5. The molecule has 0 spiro atoms. The van der Waals surface area contributed by atoms with Crippen LogP contribution < -0.4 is 0 Å². The molecule has 0 aromatic heterocycles. The van der Waals surface area contributed by atoms with Crippen LogP contribution in [0, 0.1) is 23.7 Å². The van der Waals surface area contributed by atoms with Gasteiger partial charge in [-0.15, -0.1) is 0 Å². The van der Waals surface area contributed by atoms with Crippen LogP contribution in [0.15, 0.2) is 121 Å². The molecule has 0 bridgehead atoms. The van der Waals surface area contributed by atoms with Gasteiger partial charge in [0.25, 0.3) is 0 Å². The first-order valence-electron chi connectivity index (χ1n) is 13.1. The maximum atomic E-state index is 3.65. The number of hydrogen-bond acceptors (Lipinski definition) is 0. The van der Waals surface area contributed by atoms with E-state index in [-0.39, 0.29) is 10.8 Å². The van der Waals surface area contributed by atoms with Gasteiger partial charge in [0.1, 0.15) is 0 Å². The van der Waals surface area contributed by atoms with Gasteiger partial charge in [-0.05, 0) is 76.6 Å². The summed E-state index contributed by atoms with van der Waals surface area (Å²) in [6.45, 7) is 4.48. The SMILES string of the molecule is CC1(C#Cc2cccc(C#CC3(C)c4ccccc4-c4ccccc43)c2)c2ccccc2-c2ccccc21. The Hall–Kier alpha value is -4.78. The molecule has 0 amide bonds. The van der Waals surface area contributed by atoms with E-state index in [4.69, 9.17) is 0 Å². The Morgan fingerprint density at radius 2 is 0.711 bits per heavy atom. The highest BCUT2D eigenvalue weighted by Crippen LogP contribution is 2.49. The molecule has 2 aliphatic rings. The molecular weight excluding hydrogens is 456 g/mol. The van der Waals surface area contributed by atoms with Gasteiger partial charge in [-0.25, -0.2) is 0 Å². The summed E-state index contributed by atoms with van der Waals surface area (Å²) >= 11 is 0. The van der Waals surface area contributed by atoms with Crippen molar-refractivity contribution >= 4 is 0 Å². The minimum absolute atomic E-state index is 0.348. The molecule has 0 unspecified atom stereocenters. The second kappa shape index (κ2) is 8.38. The third-order valence-electron chi connectivity index (χ3n) is 8.22. The Balaban J connectivity index is 1.27. The quantitative estimate of drug-likeness (QED) is 0.195. The van der Waals surface area contributed by atoms with Crippen molar-refractivity contribution in [2.24, 2.45) is 0 Å². The summed E-state index contributed by atoms with van der Waals surface area (Å²) in [5.41, 5.74) is 11.5. The van der Waals surface area contributed by atoms with E-state index >= 15 is 0 Å². The Kier molecular flexibility index (Phi) is 4.94. The first-order chi connectivity index (χ1) is 18.6. The van der Waals surface area contributed by atoms with Crippen LogP contribution in [0.2, 0.25) is 0 Å². The third kappa shape index (κ3) is 3.28. The summed E-state index contributed by atoms with van der Waals surface area (Å²) in [4.78, 5) is 0. The van der Waals surface area contributed by atoms with Gasteiger partial charge >= 0.3 is 0 Å². The van der Waals surface area contributed by atoms with Crippen molar-refractivity contribution in [2.75, 3.05) is 0 Å². The molecule has 5 aromatic carbocycles. The van der Waals surface area contributed by atoms with Gasteiger partial charge in [-0.1, -0.05) is 127 Å². The predicted molar refractivity (Wildman–Crippen MR) is 157 cm³/mol. The predicted octanol–water partition coefficient (Wildman–Crippen LogP) is 8.36. The molecule has 0 heterocycles. The van der Waals surface area contributed by atoms with Crippen molar-refractivity contribution < 1.29 is 0 Å². The fourth-order valence-corrected chi connectivity index (χ4v) is 6.24. The summed E-state index contributed by atoms with van der Waals surface area (Å²) in [5.74, 6) is 14.3. The largest absolute Gasteiger partial charge is 0.0817 e. The zero-order chi connectivity index (χ0) is 25.7. The lowest BCUT2D eigenvalue weighted by atomic mass is 9.80. The lowest BCUT2D eigenvalue weighted by Crippen LogP contribution is -2.18. The average molecular weight is 483 g/mol. The Morgan fingerprint density at radius 1 is 0.395 bits per heavy atom. The lowest BCUT2D eigenvalue weighted by Gasteiger charge is -2.20. The van der Waals surface area contributed by atoms with Crippen LogP contribution in [0.3, 0.4) is 0 Å². The molecule has 0 nitrogen and oxygen atoms in total. The molecule has 0 fully saturated rings. The minimum atomic E-state index is -0.348. The highest BCUT2D eigenvalue weighted by molar-refractivity contribution is 5.84. The molecule has 0 saturated heterocycles. The van der Waals surface area contributed by atoms with E-state index in [0.29, 0.717) is 0 Å². The Morgan fingerprint density at radius 3 is 1.05 bits per heavy atom. The molecule has 0 aliphatic heterocycles. The molecule has 7 rings (SSSR count). The average Bonchev–Trinajstić information content (AvgIpc) is 3.39. The fraction of sp³-hybridized carbons (Fsp3) is 0.105. The van der Waals surface area contributed by atoms with E-state index in [1.165, 1.54) is 44.5 Å². The normalized spacial score (nSPS) is 14.6. The molecule has 2 aliphatic carbocycles. The Bertz CT molecular complexity index is 1640. The lowest BCUT2D eigenvalue weighted by molar-refractivity contribution is 0.778. The molecule has 0 saturated carbocycles. The fourth-order valence-electron chi connectivity index (χ4n) is 6.24. The van der Waals surface area contributed by atoms with Crippen molar-refractivity contribution in [3.05, 3.63) is 155 Å². The zero-order valence-electron chi connectivity index (χ0n) is 21.5. The van der Waals surface area contributed by atoms with Gasteiger partial charge in [0.15, 0.2) is 0 Å². The molecule has 38 heavy (non-hydrogen) atoms. The van der Waals surface area contributed by atoms with Crippen LogP contribution in [0.25, 0.3) is 22.3 Å². The van der Waals surface area contributed by atoms with Crippen LogP contribution in [-0.4, -0.2) is 0 Å². The van der Waals surface area contributed by atoms with Crippen molar-refractivity contribution in [2.45, 2.75) is 24.7 Å². The highest BCUT2D eigenvalue weighted by atomic mass is 14.4. The second-order valence-electron chi connectivity index (χ2n) is 10.5. The topological polar surface area (TPSA) is 0 Å². The molecule has 178 valence electrons. The first kappa shape index (κ1) is 22.4. The molecule has 0 atom stereocenters. The third-order valence-corrected chi connectivity index (χ3v) is 8.22. The summed E-state index contributed by atoms with van der Waals surface area (Å²) in [6, 6.07) is 42.9. The van der Waals surface area contributed by atoms with Gasteiger partial charge in [0.05, 0.1) is 10.8 Å². The smallest absolute Gasteiger partial charge is 0.0799 e. The van der Waals surface area contributed by atoms with Gasteiger partial charge in [-0.2, -0.15) is 0 Å². The van der Waals surface area contributed by atoms with E-state index in [1.807, 2.05) is 0 Å². The van der Waals surface area contributed by atoms with Crippen LogP contribution in [-0.2, 0) is 10.8 Å². The molecule has 0 heteroatoms. The van der Waals surface area contributed by atoms with E-state index in [2.05, 4.69) is 159 Å². The van der Waals surface area contributed by atoms with E-state index in [1.54, 1.807) is 0 Å². The monoisotopic (exact) mass is 482 g/mol. The number of rotatable bonds is 0. The van der Waals surface area contributed by atoms with Crippen LogP contribution in [0.4, 0.5) is 0 Å². The van der Waals surface area contributed by atoms with Crippen molar-refractivity contribution in [1.82, 2.24) is 0 Å². The van der Waals surface area contributed by atoms with Gasteiger partial charge in [0.2, 0.25) is 0 Å². The molecular formula is C38H26. The van der Waals surface area contributed by atoms with Crippen molar-refractivity contribution in [1.29, 1.82) is 0 Å². The van der Waals surface area contributed by atoms with Crippen LogP contribution >= 0.6 is 0 Å². The second-order valence-corrected chi connectivity index (χ2v) is 10.5. The summed E-state index contributed by atoms with van der Waals surface area (Å²) in [6.07, 6.45) is 0. The minimum Gasteiger partial charge on any atom is -0.0817 e. The van der Waals surface area contributed by atoms with E-state index < -0.39 is 0 Å². The Labute approximate surface area is 225 Å². The summed E-state index contributed by atoms with van der Waals surface area (Å²) < 4.78 is 0. The van der Waals surface area contributed by atoms with Crippen LogP contribution in [0.1, 0.15) is 47.2 Å². The molecule has 5 aromatic rings. The number of hydrogen-bond donors (Lipinski definition) is 0. The van der Waals surface area contributed by atoms with E-state index in [9.17, 15) is 0 Å². The van der Waals surface area contributed by atoms with E-state index in [0.717, 1.165) is 11.1 Å². The summed E-state index contributed by atoms with van der Waals surface area (Å²) in [5, 5.41) is 0. The van der Waals surface area contributed by atoms with Crippen LogP contribution in [0.5, 0.6) is 0 Å². The number of fused-ring (bicyclic) bond motifs is 6.